The third-order valence-corrected chi connectivity index (χ3v) is 3.45. The number of pyridine rings is 1. The molecule has 6 heteroatoms. The number of amides is 2. The number of carbonyl (C=O) groups excluding carboxylic acids is 2. The van der Waals surface area contributed by atoms with E-state index in [0.29, 0.717) is 5.69 Å². The van der Waals surface area contributed by atoms with Crippen molar-refractivity contribution in [3.8, 4) is 0 Å². The minimum absolute atomic E-state index is 0.144. The molecule has 2 amide bonds. The molecule has 1 aromatic heterocycles. The molecule has 0 radical (unpaired) electrons. The maximum Gasteiger partial charge on any atom is 0.267 e. The Morgan fingerprint density at radius 2 is 2.05 bits per heavy atom. The molecule has 0 aliphatic rings. The molecular weight excluding hydrogens is 334 g/mol. The normalized spacial score (nSPS) is 10.2. The van der Waals surface area contributed by atoms with Gasteiger partial charge in [-0.05, 0) is 42.3 Å². The van der Waals surface area contributed by atoms with Gasteiger partial charge in [0.15, 0.2) is 0 Å². The second kappa shape index (κ2) is 6.49. The molecule has 108 valence electrons. The Balaban J connectivity index is 2.02. The van der Waals surface area contributed by atoms with E-state index in [1.807, 2.05) is 25.1 Å². The van der Waals surface area contributed by atoms with Crippen molar-refractivity contribution in [1.82, 2.24) is 4.98 Å². The number of hydrogen-bond acceptors (Lipinski definition) is 3. The predicted octanol–water partition coefficient (Wildman–Crippen LogP) is 2.43. The number of benzene rings is 1. The summed E-state index contributed by atoms with van der Waals surface area (Å²) in [6.07, 6.45) is 1.68. The van der Waals surface area contributed by atoms with E-state index in [4.69, 9.17) is 5.73 Å². The molecule has 0 atom stereocenters. The van der Waals surface area contributed by atoms with E-state index < -0.39 is 5.91 Å². The second-order valence-corrected chi connectivity index (χ2v) is 5.51. The second-order valence-electron chi connectivity index (χ2n) is 4.59. The van der Waals surface area contributed by atoms with Gasteiger partial charge in [-0.15, -0.1) is 0 Å². The van der Waals surface area contributed by atoms with Gasteiger partial charge in [0.25, 0.3) is 5.91 Å². The molecular formula is C15H14BrN3O2. The number of hydrogen-bond donors (Lipinski definition) is 2. The zero-order valence-electron chi connectivity index (χ0n) is 11.4. The van der Waals surface area contributed by atoms with Gasteiger partial charge in [-0.3, -0.25) is 9.59 Å². The van der Waals surface area contributed by atoms with Gasteiger partial charge >= 0.3 is 0 Å². The number of primary amides is 1. The van der Waals surface area contributed by atoms with Gasteiger partial charge in [0, 0.05) is 4.47 Å². The molecule has 1 heterocycles. The van der Waals surface area contributed by atoms with Crippen LogP contribution in [0.4, 0.5) is 5.69 Å². The summed E-state index contributed by atoms with van der Waals surface area (Å²) in [5.41, 5.74) is 7.79. The standard InChI is InChI=1S/C15H14BrN3O2/c1-9-6-11(16)3-2-10(9)7-14(20)19-12-4-5-13(15(17)21)18-8-12/h2-6,8H,7H2,1H3,(H2,17,21)(H,19,20). The number of nitrogens with one attached hydrogen (secondary N) is 1. The number of aromatic nitrogens is 1. The van der Waals surface area contributed by atoms with Crippen LogP contribution in [0.5, 0.6) is 0 Å². The molecule has 21 heavy (non-hydrogen) atoms. The van der Waals surface area contributed by atoms with Crippen molar-refractivity contribution in [3.63, 3.8) is 0 Å². The molecule has 1 aromatic carbocycles. The van der Waals surface area contributed by atoms with Gasteiger partial charge in [-0.2, -0.15) is 0 Å². The van der Waals surface area contributed by atoms with Crippen LogP contribution < -0.4 is 11.1 Å². The Hall–Kier alpha value is -2.21. The zero-order valence-corrected chi connectivity index (χ0v) is 13.0. The van der Waals surface area contributed by atoms with Crippen LogP contribution >= 0.6 is 15.9 Å². The third kappa shape index (κ3) is 4.13. The summed E-state index contributed by atoms with van der Waals surface area (Å²) >= 11 is 3.39. The van der Waals surface area contributed by atoms with Gasteiger partial charge in [-0.1, -0.05) is 22.0 Å². The van der Waals surface area contributed by atoms with Crippen molar-refractivity contribution in [2.75, 3.05) is 5.32 Å². The van der Waals surface area contributed by atoms with Crippen molar-refractivity contribution in [3.05, 3.63) is 57.8 Å². The number of anilines is 1. The smallest absolute Gasteiger partial charge is 0.267 e. The topological polar surface area (TPSA) is 85.1 Å². The number of nitrogens with zero attached hydrogens (tertiary/aromatic N) is 1. The summed E-state index contributed by atoms with van der Waals surface area (Å²) in [6, 6.07) is 8.85. The van der Waals surface area contributed by atoms with Crippen molar-refractivity contribution < 1.29 is 9.59 Å². The average Bonchev–Trinajstić information content (AvgIpc) is 2.42. The Morgan fingerprint density at radius 1 is 1.29 bits per heavy atom. The Bertz CT molecular complexity index is 684. The lowest BCUT2D eigenvalue weighted by Crippen LogP contribution is -2.16. The first-order valence-corrected chi connectivity index (χ1v) is 7.06. The predicted molar refractivity (Wildman–Crippen MR) is 84.0 cm³/mol. The number of halogens is 1. The zero-order chi connectivity index (χ0) is 15.4. The summed E-state index contributed by atoms with van der Waals surface area (Å²) in [7, 11) is 0. The molecule has 0 bridgehead atoms. The molecule has 0 aliphatic carbocycles. The van der Waals surface area contributed by atoms with E-state index in [1.165, 1.54) is 12.3 Å². The van der Waals surface area contributed by atoms with Crippen LogP contribution in [0.3, 0.4) is 0 Å². The van der Waals surface area contributed by atoms with Crippen molar-refractivity contribution in [2.24, 2.45) is 5.73 Å². The number of aryl methyl sites for hydroxylation is 1. The van der Waals surface area contributed by atoms with Crippen LogP contribution in [0, 0.1) is 6.92 Å². The molecule has 0 saturated carbocycles. The molecule has 0 spiro atoms. The molecule has 2 aromatic rings. The van der Waals surface area contributed by atoms with Gasteiger partial charge in [0.05, 0.1) is 18.3 Å². The maximum atomic E-state index is 12.0. The van der Waals surface area contributed by atoms with Crippen LogP contribution in [0.15, 0.2) is 41.0 Å². The quantitative estimate of drug-likeness (QED) is 0.890. The van der Waals surface area contributed by atoms with E-state index in [1.54, 1.807) is 6.07 Å². The van der Waals surface area contributed by atoms with Gasteiger partial charge in [0.1, 0.15) is 5.69 Å². The van der Waals surface area contributed by atoms with Crippen LogP contribution in [0.25, 0.3) is 0 Å². The summed E-state index contributed by atoms with van der Waals surface area (Å²) in [5.74, 6) is -0.743. The average molecular weight is 348 g/mol. The summed E-state index contributed by atoms with van der Waals surface area (Å²) in [5, 5.41) is 2.73. The third-order valence-electron chi connectivity index (χ3n) is 2.96. The number of carbonyl (C=O) groups is 2. The maximum absolute atomic E-state index is 12.0. The molecule has 0 aliphatic heterocycles. The highest BCUT2D eigenvalue weighted by atomic mass is 79.9. The fraction of sp³-hybridized carbons (Fsp3) is 0.133. The molecule has 0 fully saturated rings. The van der Waals surface area contributed by atoms with E-state index in [2.05, 4.69) is 26.2 Å². The molecule has 0 unspecified atom stereocenters. The summed E-state index contributed by atoms with van der Waals surface area (Å²) in [6.45, 7) is 1.95. The Morgan fingerprint density at radius 3 is 2.62 bits per heavy atom. The first-order chi connectivity index (χ1) is 9.95. The van der Waals surface area contributed by atoms with Gasteiger partial charge < -0.3 is 11.1 Å². The SMILES string of the molecule is Cc1cc(Br)ccc1CC(=O)Nc1ccc(C(N)=O)nc1. The molecule has 3 N–H and O–H groups in total. The lowest BCUT2D eigenvalue weighted by atomic mass is 10.1. The molecule has 2 rings (SSSR count). The van der Waals surface area contributed by atoms with Crippen molar-refractivity contribution >= 4 is 33.4 Å². The van der Waals surface area contributed by atoms with Crippen molar-refractivity contribution in [1.29, 1.82) is 0 Å². The van der Waals surface area contributed by atoms with Crippen LogP contribution in [0.2, 0.25) is 0 Å². The van der Waals surface area contributed by atoms with E-state index in [0.717, 1.165) is 15.6 Å². The first kappa shape index (κ1) is 15.2. The minimum Gasteiger partial charge on any atom is -0.364 e. The highest BCUT2D eigenvalue weighted by molar-refractivity contribution is 9.10. The molecule has 0 saturated heterocycles. The number of nitrogens with two attached hydrogens (primary N) is 1. The lowest BCUT2D eigenvalue weighted by molar-refractivity contribution is -0.115. The van der Waals surface area contributed by atoms with E-state index >= 15 is 0 Å². The van der Waals surface area contributed by atoms with E-state index in [9.17, 15) is 9.59 Å². The Kier molecular flexibility index (Phi) is 4.70. The largest absolute Gasteiger partial charge is 0.364 e. The van der Waals surface area contributed by atoms with Crippen molar-refractivity contribution in [2.45, 2.75) is 13.3 Å². The molecule has 5 nitrogen and oxygen atoms in total. The highest BCUT2D eigenvalue weighted by Gasteiger charge is 2.08. The monoisotopic (exact) mass is 347 g/mol. The van der Waals surface area contributed by atoms with Gasteiger partial charge in [0.2, 0.25) is 5.91 Å². The fourth-order valence-corrected chi connectivity index (χ4v) is 2.32. The van der Waals surface area contributed by atoms with E-state index in [-0.39, 0.29) is 18.0 Å². The van der Waals surface area contributed by atoms with Gasteiger partial charge in [-0.25, -0.2) is 4.98 Å². The summed E-state index contributed by atoms with van der Waals surface area (Å²) < 4.78 is 0.982. The Labute approximate surface area is 130 Å². The minimum atomic E-state index is -0.599. The van der Waals surface area contributed by atoms with Crippen LogP contribution in [0.1, 0.15) is 21.6 Å². The lowest BCUT2D eigenvalue weighted by Gasteiger charge is -2.08. The number of rotatable bonds is 4. The summed E-state index contributed by atoms with van der Waals surface area (Å²) in [4.78, 5) is 26.8. The van der Waals surface area contributed by atoms with Crippen LogP contribution in [-0.2, 0) is 11.2 Å². The fourth-order valence-electron chi connectivity index (χ4n) is 1.85. The van der Waals surface area contributed by atoms with Crippen LogP contribution in [-0.4, -0.2) is 16.8 Å². The first-order valence-electron chi connectivity index (χ1n) is 6.26. The highest BCUT2D eigenvalue weighted by Crippen LogP contribution is 2.17.